The van der Waals surface area contributed by atoms with Gasteiger partial charge in [-0.25, -0.2) is 4.68 Å². The Balaban J connectivity index is 1.32. The molecule has 2 amide bonds. The van der Waals surface area contributed by atoms with Crippen LogP contribution in [0.3, 0.4) is 0 Å². The largest absolute Gasteiger partial charge is 0.392 e. The highest BCUT2D eigenvalue weighted by atomic mass is 32.2. The van der Waals surface area contributed by atoms with E-state index in [1.165, 1.54) is 18.7 Å². The predicted molar refractivity (Wildman–Crippen MR) is 153 cm³/mol. The Morgan fingerprint density at radius 1 is 1.00 bits per heavy atom. The lowest BCUT2D eigenvalue weighted by atomic mass is 10.0. The standard InChI is InChI=1S/C29H38N6O5S/c1-20(37)30-15-5-3-4-6-27(38)31-17-21-7-13-24(14-8-21)28-39-25(19-41-29-32-33-34-35(29)2)16-26(40-28)23-11-9-22(18-36)10-12-23/h7-14,25-26,28,36H,3-6,15-19H2,1-2H3,(H,30,37)(H,31,38)/t25-,26+,28+/m0/s1. The van der Waals surface area contributed by atoms with Crippen molar-refractivity contribution in [3.8, 4) is 0 Å². The van der Waals surface area contributed by atoms with Gasteiger partial charge in [0.25, 0.3) is 0 Å². The zero-order chi connectivity index (χ0) is 29.0. The number of benzene rings is 2. The molecule has 1 saturated heterocycles. The van der Waals surface area contributed by atoms with E-state index in [1.54, 1.807) is 4.68 Å². The summed E-state index contributed by atoms with van der Waals surface area (Å²) in [5.41, 5.74) is 3.76. The fraction of sp³-hybridized carbons (Fsp3) is 0.483. The molecule has 0 bridgehead atoms. The van der Waals surface area contributed by atoms with Crippen molar-refractivity contribution in [2.24, 2.45) is 7.05 Å². The third-order valence-electron chi connectivity index (χ3n) is 6.79. The Labute approximate surface area is 244 Å². The van der Waals surface area contributed by atoms with Crippen LogP contribution in [0.25, 0.3) is 0 Å². The van der Waals surface area contributed by atoms with Crippen molar-refractivity contribution >= 4 is 23.6 Å². The minimum absolute atomic E-state index is 0.00468. The van der Waals surface area contributed by atoms with Crippen molar-refractivity contribution in [1.82, 2.24) is 30.8 Å². The Morgan fingerprint density at radius 3 is 2.41 bits per heavy atom. The first-order chi connectivity index (χ1) is 19.9. The number of carbonyl (C=O) groups excluding carboxylic acids is 2. The fourth-order valence-corrected chi connectivity index (χ4v) is 5.33. The average molecular weight is 583 g/mol. The van der Waals surface area contributed by atoms with Crippen molar-refractivity contribution in [3.05, 3.63) is 70.8 Å². The highest BCUT2D eigenvalue weighted by Crippen LogP contribution is 2.39. The summed E-state index contributed by atoms with van der Waals surface area (Å²) >= 11 is 1.54. The summed E-state index contributed by atoms with van der Waals surface area (Å²) in [7, 11) is 1.81. The Kier molecular flexibility index (Phi) is 11.7. The molecule has 0 radical (unpaired) electrons. The molecule has 0 aliphatic carbocycles. The number of amides is 2. The molecule has 2 heterocycles. The summed E-state index contributed by atoms with van der Waals surface area (Å²) in [5, 5.41) is 27.5. The number of nitrogens with one attached hydrogen (secondary N) is 2. The lowest BCUT2D eigenvalue weighted by molar-refractivity contribution is -0.245. The lowest BCUT2D eigenvalue weighted by Crippen LogP contribution is -2.31. The van der Waals surface area contributed by atoms with Gasteiger partial charge in [0.05, 0.1) is 18.8 Å². The van der Waals surface area contributed by atoms with E-state index in [9.17, 15) is 14.7 Å². The summed E-state index contributed by atoms with van der Waals surface area (Å²) in [6.45, 7) is 2.59. The number of aryl methyl sites for hydroxylation is 1. The van der Waals surface area contributed by atoms with E-state index in [0.717, 1.165) is 46.7 Å². The quantitative estimate of drug-likeness (QED) is 0.193. The number of nitrogens with zero attached hydrogens (tertiary/aromatic N) is 4. The Bertz CT molecular complexity index is 1250. The van der Waals surface area contributed by atoms with Gasteiger partial charge >= 0.3 is 0 Å². The second kappa shape index (κ2) is 15.6. The van der Waals surface area contributed by atoms with E-state index in [-0.39, 0.29) is 30.6 Å². The number of tetrazole rings is 1. The highest BCUT2D eigenvalue weighted by Gasteiger charge is 2.32. The van der Waals surface area contributed by atoms with Crippen LogP contribution in [-0.2, 0) is 39.3 Å². The van der Waals surface area contributed by atoms with E-state index >= 15 is 0 Å². The molecular weight excluding hydrogens is 544 g/mol. The van der Waals surface area contributed by atoms with Gasteiger partial charge < -0.3 is 25.2 Å². The van der Waals surface area contributed by atoms with Crippen LogP contribution in [0.15, 0.2) is 53.7 Å². The molecule has 1 fully saturated rings. The van der Waals surface area contributed by atoms with Crippen molar-refractivity contribution in [3.63, 3.8) is 0 Å². The molecule has 12 heteroatoms. The van der Waals surface area contributed by atoms with Gasteiger partial charge in [0.1, 0.15) is 0 Å². The molecule has 0 unspecified atom stereocenters. The normalized spacial score (nSPS) is 18.7. The predicted octanol–water partition coefficient (Wildman–Crippen LogP) is 3.35. The summed E-state index contributed by atoms with van der Waals surface area (Å²) in [4.78, 5) is 23.1. The smallest absolute Gasteiger partial charge is 0.220 e. The van der Waals surface area contributed by atoms with E-state index in [0.29, 0.717) is 31.7 Å². The van der Waals surface area contributed by atoms with Crippen molar-refractivity contribution < 1.29 is 24.2 Å². The van der Waals surface area contributed by atoms with E-state index < -0.39 is 6.29 Å². The van der Waals surface area contributed by atoms with Crippen LogP contribution in [0, 0.1) is 0 Å². The average Bonchev–Trinajstić information content (AvgIpc) is 3.41. The van der Waals surface area contributed by atoms with Crippen LogP contribution in [0.4, 0.5) is 0 Å². The van der Waals surface area contributed by atoms with Gasteiger partial charge in [-0.2, -0.15) is 0 Å². The first kappa shape index (κ1) is 30.6. The van der Waals surface area contributed by atoms with Gasteiger partial charge in [-0.1, -0.05) is 66.7 Å². The van der Waals surface area contributed by atoms with E-state index in [4.69, 9.17) is 9.47 Å². The third-order valence-corrected chi connectivity index (χ3v) is 7.93. The van der Waals surface area contributed by atoms with Crippen LogP contribution in [-0.4, -0.2) is 55.5 Å². The number of rotatable bonds is 14. The highest BCUT2D eigenvalue weighted by molar-refractivity contribution is 7.99. The zero-order valence-corrected chi connectivity index (χ0v) is 24.3. The number of carbonyl (C=O) groups is 2. The number of hydrogen-bond acceptors (Lipinski definition) is 9. The molecule has 11 nitrogen and oxygen atoms in total. The molecule has 3 N–H and O–H groups in total. The van der Waals surface area contributed by atoms with Crippen molar-refractivity contribution in [1.29, 1.82) is 0 Å². The summed E-state index contributed by atoms with van der Waals surface area (Å²) in [6, 6.07) is 15.7. The molecule has 220 valence electrons. The monoisotopic (exact) mass is 582 g/mol. The van der Waals surface area contributed by atoms with Gasteiger partial charge in [0.15, 0.2) is 6.29 Å². The summed E-state index contributed by atoms with van der Waals surface area (Å²) in [6.07, 6.45) is 2.85. The number of unbranched alkanes of at least 4 members (excludes halogenated alkanes) is 2. The first-order valence-electron chi connectivity index (χ1n) is 13.9. The molecule has 41 heavy (non-hydrogen) atoms. The molecule has 0 saturated carbocycles. The molecule has 1 aromatic heterocycles. The molecule has 1 aliphatic rings. The van der Waals surface area contributed by atoms with Crippen LogP contribution >= 0.6 is 11.8 Å². The number of aliphatic hydroxyl groups excluding tert-OH is 1. The third kappa shape index (κ3) is 9.63. The summed E-state index contributed by atoms with van der Waals surface area (Å²) < 4.78 is 14.4. The second-order valence-electron chi connectivity index (χ2n) is 10.1. The summed E-state index contributed by atoms with van der Waals surface area (Å²) in [5.74, 6) is 0.649. The second-order valence-corrected chi connectivity index (χ2v) is 11.0. The van der Waals surface area contributed by atoms with Crippen LogP contribution in [0.1, 0.15) is 73.7 Å². The molecule has 0 spiro atoms. The van der Waals surface area contributed by atoms with Gasteiger partial charge in [0, 0.05) is 51.2 Å². The van der Waals surface area contributed by atoms with Crippen molar-refractivity contribution in [2.45, 2.75) is 75.8 Å². The number of hydrogen-bond donors (Lipinski definition) is 3. The minimum Gasteiger partial charge on any atom is -0.392 e. The first-order valence-corrected chi connectivity index (χ1v) is 14.9. The van der Waals surface area contributed by atoms with Crippen LogP contribution in [0.2, 0.25) is 0 Å². The van der Waals surface area contributed by atoms with Gasteiger partial charge in [-0.15, -0.1) is 5.10 Å². The number of ether oxygens (including phenoxy) is 2. The Morgan fingerprint density at radius 2 is 1.73 bits per heavy atom. The molecule has 4 rings (SSSR count). The maximum Gasteiger partial charge on any atom is 0.220 e. The number of aromatic nitrogens is 4. The van der Waals surface area contributed by atoms with Crippen LogP contribution < -0.4 is 10.6 Å². The molecular formula is C29H38N6O5S. The number of aliphatic hydroxyl groups is 1. The topological polar surface area (TPSA) is 140 Å². The zero-order valence-electron chi connectivity index (χ0n) is 23.5. The minimum atomic E-state index is -0.560. The molecule has 3 atom stereocenters. The lowest BCUT2D eigenvalue weighted by Gasteiger charge is -2.36. The fourth-order valence-electron chi connectivity index (χ4n) is 4.47. The maximum atomic E-state index is 12.2. The van der Waals surface area contributed by atoms with Crippen molar-refractivity contribution in [2.75, 3.05) is 12.3 Å². The van der Waals surface area contributed by atoms with Gasteiger partial charge in [0.2, 0.25) is 17.0 Å². The SMILES string of the molecule is CC(=O)NCCCCCC(=O)NCc1ccc([C@@H]2O[C@H](CSc3nnnn3C)C[C@H](c3ccc(CO)cc3)O2)cc1. The molecule has 2 aromatic carbocycles. The van der Waals surface area contributed by atoms with E-state index in [1.807, 2.05) is 55.6 Å². The van der Waals surface area contributed by atoms with Gasteiger partial charge in [-0.3, -0.25) is 9.59 Å². The maximum absolute atomic E-state index is 12.2. The molecule has 3 aromatic rings. The van der Waals surface area contributed by atoms with E-state index in [2.05, 4.69) is 26.2 Å². The Hall–Kier alpha value is -3.32. The van der Waals surface area contributed by atoms with Crippen LogP contribution in [0.5, 0.6) is 0 Å². The molecule has 1 aliphatic heterocycles. The number of thioether (sulfide) groups is 1. The van der Waals surface area contributed by atoms with Gasteiger partial charge in [-0.05, 0) is 40.0 Å².